The molecule has 0 fully saturated rings. The molecule has 1 aliphatic heterocycles. The Balaban J connectivity index is 1.48. The van der Waals surface area contributed by atoms with Crippen LogP contribution in [0.15, 0.2) is 48.5 Å². The van der Waals surface area contributed by atoms with Crippen LogP contribution in [-0.2, 0) is 43.2 Å². The lowest BCUT2D eigenvalue weighted by Gasteiger charge is -2.34. The van der Waals surface area contributed by atoms with Gasteiger partial charge in [-0.1, -0.05) is 55.5 Å². The van der Waals surface area contributed by atoms with Crippen LogP contribution in [0.3, 0.4) is 0 Å². The normalized spacial score (nSPS) is 14.4. The van der Waals surface area contributed by atoms with Crippen molar-refractivity contribution in [3.05, 3.63) is 71.3 Å². The summed E-state index contributed by atoms with van der Waals surface area (Å²) in [7, 11) is 1.30. The SMILES string of the molecule is CCCc1nc2c(n1Cc1ccc(-c3ccccc3-c3nnn[nH]3)cc1)C(C(=O)OC)N(C(=O)CC(=O)OCC)CC2. The number of ether oxygens (including phenoxy) is 2. The average molecular weight is 572 g/mol. The Morgan fingerprint density at radius 2 is 1.81 bits per heavy atom. The van der Waals surface area contributed by atoms with Crippen molar-refractivity contribution in [1.29, 1.82) is 0 Å². The van der Waals surface area contributed by atoms with E-state index < -0.39 is 30.3 Å². The highest BCUT2D eigenvalue weighted by atomic mass is 16.5. The first kappa shape index (κ1) is 28.7. The van der Waals surface area contributed by atoms with E-state index in [0.717, 1.165) is 40.2 Å². The molecule has 5 rings (SSSR count). The molecule has 2 aromatic carbocycles. The fraction of sp³-hybridized carbons (Fsp3) is 0.367. The van der Waals surface area contributed by atoms with Crippen molar-refractivity contribution in [2.45, 2.75) is 52.1 Å². The summed E-state index contributed by atoms with van der Waals surface area (Å²) >= 11 is 0. The van der Waals surface area contributed by atoms with Crippen molar-refractivity contribution in [2.24, 2.45) is 0 Å². The maximum atomic E-state index is 13.2. The van der Waals surface area contributed by atoms with Crippen molar-refractivity contribution in [3.8, 4) is 22.5 Å². The quantitative estimate of drug-likeness (QED) is 0.224. The van der Waals surface area contributed by atoms with Gasteiger partial charge in [0, 0.05) is 31.5 Å². The van der Waals surface area contributed by atoms with Crippen LogP contribution in [0.1, 0.15) is 55.5 Å². The number of H-pyrrole nitrogens is 1. The molecule has 4 aromatic rings. The number of nitrogens with zero attached hydrogens (tertiary/aromatic N) is 6. The largest absolute Gasteiger partial charge is 0.467 e. The number of hydrogen-bond acceptors (Lipinski definition) is 9. The van der Waals surface area contributed by atoms with E-state index in [0.29, 0.717) is 30.9 Å². The zero-order chi connectivity index (χ0) is 29.6. The number of benzene rings is 2. The first-order valence-electron chi connectivity index (χ1n) is 14.0. The smallest absolute Gasteiger partial charge is 0.334 e. The number of esters is 2. The molecule has 42 heavy (non-hydrogen) atoms. The predicted octanol–water partition coefficient (Wildman–Crippen LogP) is 3.28. The third kappa shape index (κ3) is 5.78. The molecular weight excluding hydrogens is 538 g/mol. The third-order valence-corrected chi connectivity index (χ3v) is 7.27. The Kier molecular flexibility index (Phi) is 8.70. The van der Waals surface area contributed by atoms with Crippen LogP contribution in [0.25, 0.3) is 22.5 Å². The molecule has 1 aliphatic rings. The van der Waals surface area contributed by atoms with Gasteiger partial charge in [-0.15, -0.1) is 5.10 Å². The van der Waals surface area contributed by atoms with Crippen LogP contribution in [0, 0.1) is 0 Å². The Morgan fingerprint density at radius 3 is 2.48 bits per heavy atom. The van der Waals surface area contributed by atoms with E-state index >= 15 is 0 Å². The molecule has 1 atom stereocenters. The topological polar surface area (TPSA) is 145 Å². The molecule has 1 N–H and O–H groups in total. The molecule has 218 valence electrons. The van der Waals surface area contributed by atoms with Gasteiger partial charge in [0.05, 0.1) is 25.1 Å². The van der Waals surface area contributed by atoms with Crippen molar-refractivity contribution in [1.82, 2.24) is 35.1 Å². The number of fused-ring (bicyclic) bond motifs is 1. The van der Waals surface area contributed by atoms with Gasteiger partial charge in [0.1, 0.15) is 12.2 Å². The standard InChI is InChI=1S/C30H33N7O5/c1-4-8-24-31-23-15-16-36(25(38)17-26(39)42-5-2)28(30(40)41-3)27(23)37(24)18-19-11-13-20(14-12-19)21-9-6-7-10-22(21)29-32-34-35-33-29/h6-7,9-14,28H,4-5,8,15-18H2,1-3H3,(H,32,33,34,35). The van der Waals surface area contributed by atoms with Gasteiger partial charge in [0.15, 0.2) is 11.9 Å². The Morgan fingerprint density at radius 1 is 1.05 bits per heavy atom. The first-order chi connectivity index (χ1) is 20.4. The number of imidazole rings is 1. The van der Waals surface area contributed by atoms with Gasteiger partial charge in [0.2, 0.25) is 5.91 Å². The summed E-state index contributed by atoms with van der Waals surface area (Å²) in [6.07, 6.45) is 1.58. The average Bonchev–Trinajstić information content (AvgIpc) is 3.66. The van der Waals surface area contributed by atoms with E-state index in [2.05, 4.69) is 27.5 Å². The molecular formula is C30H33N7O5. The van der Waals surface area contributed by atoms with Gasteiger partial charge < -0.3 is 18.9 Å². The zero-order valence-corrected chi connectivity index (χ0v) is 23.9. The molecule has 0 radical (unpaired) electrons. The number of carbonyl (C=O) groups is 3. The molecule has 0 bridgehead atoms. The number of rotatable bonds is 10. The van der Waals surface area contributed by atoms with Gasteiger partial charge in [-0.25, -0.2) is 14.9 Å². The lowest BCUT2D eigenvalue weighted by atomic mass is 9.98. The van der Waals surface area contributed by atoms with Crippen LogP contribution in [0.4, 0.5) is 0 Å². The second-order valence-corrected chi connectivity index (χ2v) is 9.93. The highest BCUT2D eigenvalue weighted by Gasteiger charge is 2.41. The van der Waals surface area contributed by atoms with E-state index in [1.807, 2.05) is 53.1 Å². The molecule has 1 amide bonds. The molecule has 0 aliphatic carbocycles. The van der Waals surface area contributed by atoms with Crippen LogP contribution in [-0.4, -0.2) is 73.2 Å². The minimum atomic E-state index is -1.01. The molecule has 12 heteroatoms. The Hall–Kier alpha value is -4.87. The van der Waals surface area contributed by atoms with Crippen molar-refractivity contribution in [3.63, 3.8) is 0 Å². The highest BCUT2D eigenvalue weighted by Crippen LogP contribution is 2.34. The number of aromatic amines is 1. The molecule has 3 heterocycles. The number of carbonyl (C=O) groups excluding carboxylic acids is 3. The summed E-state index contributed by atoms with van der Waals surface area (Å²) in [6.45, 7) is 4.62. The first-order valence-corrected chi connectivity index (χ1v) is 14.0. The summed E-state index contributed by atoms with van der Waals surface area (Å²) in [4.78, 5) is 44.8. The lowest BCUT2D eigenvalue weighted by molar-refractivity contribution is -0.157. The number of amides is 1. The van der Waals surface area contributed by atoms with Gasteiger partial charge in [0.25, 0.3) is 0 Å². The van der Waals surface area contributed by atoms with E-state index in [1.165, 1.54) is 12.0 Å². The van der Waals surface area contributed by atoms with Crippen molar-refractivity contribution >= 4 is 17.8 Å². The maximum absolute atomic E-state index is 13.2. The minimum absolute atomic E-state index is 0.172. The number of nitrogens with one attached hydrogen (secondary N) is 1. The summed E-state index contributed by atoms with van der Waals surface area (Å²) in [5.41, 5.74) is 5.25. The van der Waals surface area contributed by atoms with Crippen LogP contribution >= 0.6 is 0 Å². The third-order valence-electron chi connectivity index (χ3n) is 7.27. The van der Waals surface area contributed by atoms with E-state index in [1.54, 1.807) is 6.92 Å². The van der Waals surface area contributed by atoms with E-state index in [4.69, 9.17) is 14.5 Å². The summed E-state index contributed by atoms with van der Waals surface area (Å²) in [5, 5.41) is 14.3. The van der Waals surface area contributed by atoms with Crippen LogP contribution in [0.2, 0.25) is 0 Å². The lowest BCUT2D eigenvalue weighted by Crippen LogP contribution is -2.45. The summed E-state index contributed by atoms with van der Waals surface area (Å²) in [5.74, 6) is -0.267. The number of aromatic nitrogens is 6. The van der Waals surface area contributed by atoms with Gasteiger partial charge in [-0.2, -0.15) is 0 Å². The number of tetrazole rings is 1. The minimum Gasteiger partial charge on any atom is -0.467 e. The molecule has 1 unspecified atom stereocenters. The second kappa shape index (κ2) is 12.8. The maximum Gasteiger partial charge on any atom is 0.334 e. The Labute approximate surface area is 243 Å². The monoisotopic (exact) mass is 571 g/mol. The summed E-state index contributed by atoms with van der Waals surface area (Å²) in [6, 6.07) is 15.0. The zero-order valence-electron chi connectivity index (χ0n) is 23.9. The molecule has 12 nitrogen and oxygen atoms in total. The van der Waals surface area contributed by atoms with E-state index in [9.17, 15) is 14.4 Å². The van der Waals surface area contributed by atoms with Crippen molar-refractivity contribution in [2.75, 3.05) is 20.3 Å². The number of methoxy groups -OCH3 is 1. The number of hydrogen-bond donors (Lipinski definition) is 1. The van der Waals surface area contributed by atoms with Crippen LogP contribution in [0.5, 0.6) is 0 Å². The van der Waals surface area contributed by atoms with Gasteiger partial charge >= 0.3 is 11.9 Å². The van der Waals surface area contributed by atoms with E-state index in [-0.39, 0.29) is 13.2 Å². The Bertz CT molecular complexity index is 1560. The van der Waals surface area contributed by atoms with Crippen LogP contribution < -0.4 is 0 Å². The highest BCUT2D eigenvalue weighted by molar-refractivity contribution is 5.96. The predicted molar refractivity (Wildman–Crippen MR) is 152 cm³/mol. The second-order valence-electron chi connectivity index (χ2n) is 9.93. The molecule has 0 saturated carbocycles. The molecule has 0 saturated heterocycles. The fourth-order valence-electron chi connectivity index (χ4n) is 5.39. The molecule has 0 spiro atoms. The van der Waals surface area contributed by atoms with Crippen molar-refractivity contribution < 1.29 is 23.9 Å². The molecule has 2 aromatic heterocycles. The fourth-order valence-corrected chi connectivity index (χ4v) is 5.39. The van der Waals surface area contributed by atoms with Gasteiger partial charge in [-0.3, -0.25) is 9.59 Å². The number of aryl methyl sites for hydroxylation is 1. The summed E-state index contributed by atoms with van der Waals surface area (Å²) < 4.78 is 12.1. The van der Waals surface area contributed by atoms with Gasteiger partial charge in [-0.05, 0) is 40.5 Å².